The van der Waals surface area contributed by atoms with Crippen molar-refractivity contribution in [2.24, 2.45) is 0 Å². The average molecular weight is 520 g/mol. The maximum atomic E-state index is 14.0. The second-order valence-corrected chi connectivity index (χ2v) is 10.5. The van der Waals surface area contributed by atoms with Crippen LogP contribution in [0.1, 0.15) is 11.1 Å². The third-order valence-corrected chi connectivity index (χ3v) is 7.93. The molecule has 0 atom stereocenters. The number of amides is 1. The second-order valence-electron chi connectivity index (χ2n) is 7.45. The zero-order valence-electron chi connectivity index (χ0n) is 18.5. The lowest BCUT2D eigenvalue weighted by atomic mass is 10.1. The standard InChI is InChI=1S/C24H19F2NO6S2/c1-32-20-8-13(28)9-21(33-2)15(20)11-23-24(29)27-19-7-6-14(10-22(19)34-23)35(30,31)12-16-17(25)4-3-5-18(16)26/h3-11,28H,12H2,1-2H3,(H,27,29)/b23-11-. The van der Waals surface area contributed by atoms with E-state index in [1.165, 1.54) is 50.6 Å². The molecule has 0 unspecified atom stereocenters. The molecule has 0 aromatic heterocycles. The average Bonchev–Trinajstić information content (AvgIpc) is 2.82. The Hall–Kier alpha value is -3.57. The van der Waals surface area contributed by atoms with Crippen molar-refractivity contribution < 1.29 is 36.6 Å². The van der Waals surface area contributed by atoms with Gasteiger partial charge in [0.1, 0.15) is 28.9 Å². The first-order valence-electron chi connectivity index (χ1n) is 10.1. The van der Waals surface area contributed by atoms with Crippen LogP contribution in [0.15, 0.2) is 63.2 Å². The van der Waals surface area contributed by atoms with Crippen molar-refractivity contribution in [2.45, 2.75) is 15.5 Å². The molecule has 1 heterocycles. The summed E-state index contributed by atoms with van der Waals surface area (Å²) in [6, 6.07) is 9.90. The first kappa shape index (κ1) is 24.6. The first-order valence-corrected chi connectivity index (χ1v) is 12.6. The van der Waals surface area contributed by atoms with Crippen LogP contribution in [0, 0.1) is 11.6 Å². The number of halogens is 2. The number of fused-ring (bicyclic) bond motifs is 1. The second kappa shape index (κ2) is 9.59. The Bertz CT molecular complexity index is 1430. The summed E-state index contributed by atoms with van der Waals surface area (Å²) in [5.41, 5.74) is 0.240. The van der Waals surface area contributed by atoms with Crippen LogP contribution in [0.2, 0.25) is 0 Å². The lowest BCUT2D eigenvalue weighted by Gasteiger charge is -2.20. The highest BCUT2D eigenvalue weighted by atomic mass is 32.2. The summed E-state index contributed by atoms with van der Waals surface area (Å²) in [6.45, 7) is 0. The number of phenolic OH excluding ortho intramolecular Hbond substituents is 1. The van der Waals surface area contributed by atoms with E-state index >= 15 is 0 Å². The molecule has 182 valence electrons. The van der Waals surface area contributed by atoms with Gasteiger partial charge in [0.2, 0.25) is 0 Å². The van der Waals surface area contributed by atoms with E-state index in [2.05, 4.69) is 5.32 Å². The van der Waals surface area contributed by atoms with Gasteiger partial charge in [0.05, 0.1) is 41.0 Å². The SMILES string of the molecule is COc1cc(O)cc(OC)c1/C=C1\Sc2cc(S(=O)(=O)Cc3c(F)cccc3F)ccc2NC1=O. The maximum absolute atomic E-state index is 14.0. The van der Waals surface area contributed by atoms with Crippen LogP contribution in [-0.4, -0.2) is 33.7 Å². The zero-order chi connectivity index (χ0) is 25.3. The van der Waals surface area contributed by atoms with Crippen molar-refractivity contribution in [2.75, 3.05) is 19.5 Å². The number of nitrogens with one attached hydrogen (secondary N) is 1. The number of benzene rings is 3. The number of hydrogen-bond donors (Lipinski definition) is 2. The number of phenols is 1. The molecule has 11 heteroatoms. The van der Waals surface area contributed by atoms with E-state index in [-0.39, 0.29) is 27.0 Å². The number of ether oxygens (including phenoxy) is 2. The summed E-state index contributed by atoms with van der Waals surface area (Å²) < 4.78 is 64.5. The van der Waals surface area contributed by atoms with E-state index in [1.54, 1.807) is 0 Å². The van der Waals surface area contributed by atoms with Crippen molar-refractivity contribution in [3.8, 4) is 17.2 Å². The number of aromatic hydroxyl groups is 1. The molecule has 1 aliphatic rings. The van der Waals surface area contributed by atoms with E-state index < -0.39 is 38.7 Å². The van der Waals surface area contributed by atoms with Crippen LogP contribution >= 0.6 is 11.8 Å². The molecular weight excluding hydrogens is 500 g/mol. The molecule has 0 radical (unpaired) electrons. The fraction of sp³-hybridized carbons (Fsp3) is 0.125. The van der Waals surface area contributed by atoms with E-state index in [1.807, 2.05) is 0 Å². The van der Waals surface area contributed by atoms with E-state index in [4.69, 9.17) is 9.47 Å². The van der Waals surface area contributed by atoms with E-state index in [9.17, 15) is 27.1 Å². The molecule has 0 bridgehead atoms. The van der Waals surface area contributed by atoms with Gasteiger partial charge in [-0.05, 0) is 36.4 Å². The molecular formula is C24H19F2NO6S2. The highest BCUT2D eigenvalue weighted by Crippen LogP contribution is 2.43. The number of carbonyl (C=O) groups excluding carboxylic acids is 1. The Morgan fingerprint density at radius 3 is 2.26 bits per heavy atom. The number of methoxy groups -OCH3 is 2. The third-order valence-electron chi connectivity index (χ3n) is 5.20. The Morgan fingerprint density at radius 2 is 1.66 bits per heavy atom. The lowest BCUT2D eigenvalue weighted by Crippen LogP contribution is -2.18. The normalized spacial score (nSPS) is 14.4. The van der Waals surface area contributed by atoms with Crippen molar-refractivity contribution in [3.63, 3.8) is 0 Å². The molecule has 4 rings (SSSR count). The number of sulfone groups is 1. The number of hydrogen-bond acceptors (Lipinski definition) is 7. The number of rotatable bonds is 6. The minimum absolute atomic E-state index is 0.0897. The molecule has 0 spiro atoms. The van der Waals surface area contributed by atoms with E-state index in [0.717, 1.165) is 30.0 Å². The fourth-order valence-electron chi connectivity index (χ4n) is 3.47. The first-order chi connectivity index (χ1) is 16.6. The van der Waals surface area contributed by atoms with Crippen LogP contribution in [0.5, 0.6) is 17.2 Å². The summed E-state index contributed by atoms with van der Waals surface area (Å²) in [5.74, 6) is -2.76. The van der Waals surface area contributed by atoms with Gasteiger partial charge in [-0.15, -0.1) is 0 Å². The van der Waals surface area contributed by atoms with Crippen LogP contribution in [0.25, 0.3) is 6.08 Å². The Balaban J connectivity index is 1.71. The van der Waals surface area contributed by atoms with Gasteiger partial charge in [0, 0.05) is 22.6 Å². The number of carbonyl (C=O) groups is 1. The van der Waals surface area contributed by atoms with Gasteiger partial charge >= 0.3 is 0 Å². The molecule has 0 saturated carbocycles. The number of anilines is 1. The minimum atomic E-state index is -4.10. The summed E-state index contributed by atoms with van der Waals surface area (Å²) in [4.78, 5) is 13.2. The topological polar surface area (TPSA) is 102 Å². The molecule has 0 saturated heterocycles. The summed E-state index contributed by atoms with van der Waals surface area (Å²) >= 11 is 1.01. The van der Waals surface area contributed by atoms with Crippen molar-refractivity contribution >= 4 is 39.3 Å². The van der Waals surface area contributed by atoms with Crippen molar-refractivity contribution in [1.82, 2.24) is 0 Å². The summed E-state index contributed by atoms with van der Waals surface area (Å²) in [5, 5.41) is 12.5. The highest BCUT2D eigenvalue weighted by molar-refractivity contribution is 8.04. The molecule has 3 aromatic carbocycles. The largest absolute Gasteiger partial charge is 0.508 e. The molecule has 0 fully saturated rings. The predicted octanol–water partition coefficient (Wildman–Crippen LogP) is 4.75. The van der Waals surface area contributed by atoms with Crippen LogP contribution in [0.3, 0.4) is 0 Å². The molecule has 0 aliphatic carbocycles. The Kier molecular flexibility index (Phi) is 6.73. The van der Waals surface area contributed by atoms with Crippen LogP contribution in [-0.2, 0) is 20.4 Å². The van der Waals surface area contributed by atoms with E-state index in [0.29, 0.717) is 16.1 Å². The van der Waals surface area contributed by atoms with Gasteiger partial charge in [-0.3, -0.25) is 4.79 Å². The van der Waals surface area contributed by atoms with Gasteiger partial charge < -0.3 is 19.9 Å². The molecule has 3 aromatic rings. The highest BCUT2D eigenvalue weighted by Gasteiger charge is 2.26. The third kappa shape index (κ3) is 4.96. The molecule has 35 heavy (non-hydrogen) atoms. The van der Waals surface area contributed by atoms with Crippen LogP contribution < -0.4 is 14.8 Å². The van der Waals surface area contributed by atoms with Gasteiger partial charge in [0.25, 0.3) is 5.91 Å². The molecule has 1 amide bonds. The predicted molar refractivity (Wildman–Crippen MR) is 127 cm³/mol. The lowest BCUT2D eigenvalue weighted by molar-refractivity contribution is -0.112. The molecule has 2 N–H and O–H groups in total. The Morgan fingerprint density at radius 1 is 1.03 bits per heavy atom. The smallest absolute Gasteiger partial charge is 0.262 e. The quantitative estimate of drug-likeness (QED) is 0.454. The maximum Gasteiger partial charge on any atom is 0.262 e. The summed E-state index contributed by atoms with van der Waals surface area (Å²) in [7, 11) is -1.31. The monoisotopic (exact) mass is 519 g/mol. The van der Waals surface area contributed by atoms with Crippen LogP contribution in [0.4, 0.5) is 14.5 Å². The summed E-state index contributed by atoms with van der Waals surface area (Å²) in [6.07, 6.45) is 1.50. The zero-order valence-corrected chi connectivity index (χ0v) is 20.1. The number of thioether (sulfide) groups is 1. The van der Waals surface area contributed by atoms with Gasteiger partial charge in [-0.2, -0.15) is 0 Å². The van der Waals surface area contributed by atoms with Gasteiger partial charge in [-0.1, -0.05) is 17.8 Å². The minimum Gasteiger partial charge on any atom is -0.508 e. The van der Waals surface area contributed by atoms with Gasteiger partial charge in [-0.25, -0.2) is 17.2 Å². The molecule has 7 nitrogen and oxygen atoms in total. The van der Waals surface area contributed by atoms with Gasteiger partial charge in [0.15, 0.2) is 9.84 Å². The Labute approximate surface area is 204 Å². The fourth-order valence-corrected chi connectivity index (χ4v) is 5.91. The van der Waals surface area contributed by atoms with Crippen molar-refractivity contribution in [3.05, 3.63) is 76.2 Å². The van der Waals surface area contributed by atoms with Crippen molar-refractivity contribution in [1.29, 1.82) is 0 Å². The molecule has 1 aliphatic heterocycles.